The number of aromatic nitrogens is 4. The Hall–Kier alpha value is -2.07. The van der Waals surface area contributed by atoms with Gasteiger partial charge in [0.1, 0.15) is 0 Å². The maximum atomic E-state index is 12.9. The highest BCUT2D eigenvalue weighted by molar-refractivity contribution is 9.13. The Kier molecular flexibility index (Phi) is 5.36. The van der Waals surface area contributed by atoms with Gasteiger partial charge in [0.25, 0.3) is 0 Å². The van der Waals surface area contributed by atoms with Crippen molar-refractivity contribution >= 4 is 53.9 Å². The Balaban J connectivity index is 1.78. The fourth-order valence-electron chi connectivity index (χ4n) is 3.90. The molecule has 0 radical (unpaired) electrons. The molecule has 31 heavy (non-hydrogen) atoms. The highest BCUT2D eigenvalue weighted by atomic mass is 79.9. The zero-order chi connectivity index (χ0) is 22.7. The molecule has 4 aromatic rings. The van der Waals surface area contributed by atoms with Gasteiger partial charge in [-0.1, -0.05) is 19.9 Å². The third-order valence-corrected chi connectivity index (χ3v) is 7.19. The highest BCUT2D eigenvalue weighted by Crippen LogP contribution is 2.36. The van der Waals surface area contributed by atoms with E-state index in [9.17, 15) is 18.0 Å². The molecule has 0 fully saturated rings. The quantitative estimate of drug-likeness (QED) is 0.315. The fraction of sp³-hybridized carbons (Fsp3) is 0.333. The summed E-state index contributed by atoms with van der Waals surface area (Å²) in [5.41, 5.74) is 1.91. The summed E-state index contributed by atoms with van der Waals surface area (Å²) >= 11 is 7.00. The number of hydrogen-bond donors (Lipinski definition) is 1. The summed E-state index contributed by atoms with van der Waals surface area (Å²) in [6.45, 7) is 2.96. The third-order valence-electron chi connectivity index (χ3n) is 5.23. The first-order chi connectivity index (χ1) is 14.4. The van der Waals surface area contributed by atoms with Crippen LogP contribution in [-0.2, 0) is 13.6 Å². The summed E-state index contributed by atoms with van der Waals surface area (Å²) in [4.78, 5) is 20.7. The van der Waals surface area contributed by atoms with Gasteiger partial charge in [0, 0.05) is 30.1 Å². The lowest BCUT2D eigenvalue weighted by molar-refractivity contribution is -0.155. The molecule has 3 heterocycles. The van der Waals surface area contributed by atoms with Gasteiger partial charge in [0.2, 0.25) is 0 Å². The Bertz CT molecular complexity index is 1370. The number of nitrogens with one attached hydrogen (secondary N) is 1. The van der Waals surface area contributed by atoms with Crippen LogP contribution in [0.2, 0.25) is 0 Å². The molecule has 3 aromatic heterocycles. The van der Waals surface area contributed by atoms with Crippen molar-refractivity contribution in [3.63, 3.8) is 0 Å². The Labute approximate surface area is 192 Å². The zero-order valence-corrected chi connectivity index (χ0v) is 20.1. The third kappa shape index (κ3) is 4.19. The van der Waals surface area contributed by atoms with Crippen molar-refractivity contribution in [2.24, 2.45) is 12.5 Å². The van der Waals surface area contributed by atoms with E-state index in [1.807, 2.05) is 18.2 Å². The molecule has 1 aromatic carbocycles. The summed E-state index contributed by atoms with van der Waals surface area (Å²) < 4.78 is 43.3. The molecule has 4 rings (SSSR count). The molecule has 0 aliphatic rings. The molecule has 0 aliphatic heterocycles. The van der Waals surface area contributed by atoms with E-state index < -0.39 is 18.0 Å². The number of alkyl halides is 3. The summed E-state index contributed by atoms with van der Waals surface area (Å²) in [6.07, 6.45) is -5.28. The maximum Gasteiger partial charge on any atom is 0.389 e. The molecular formula is C21H19Br2F3N4O. The minimum atomic E-state index is -4.30. The number of fused-ring (bicyclic) bond motifs is 2. The van der Waals surface area contributed by atoms with Gasteiger partial charge in [-0.15, -0.1) is 0 Å². The Morgan fingerprint density at radius 2 is 1.84 bits per heavy atom. The number of rotatable bonds is 4. The SMILES string of the molecule is Cn1c(=O)n(CC(C)(C)CC(F)(F)F)c2ccc(-c3ccc4[nH]c(Br)c(Br)c4c3)nc21. The van der Waals surface area contributed by atoms with Crippen LogP contribution in [0.1, 0.15) is 20.3 Å². The van der Waals surface area contributed by atoms with Crippen molar-refractivity contribution in [1.29, 1.82) is 0 Å². The summed E-state index contributed by atoms with van der Waals surface area (Å²) in [7, 11) is 1.58. The van der Waals surface area contributed by atoms with Gasteiger partial charge in [0.05, 0.1) is 26.7 Å². The fourth-order valence-corrected chi connectivity index (χ4v) is 4.75. The predicted molar refractivity (Wildman–Crippen MR) is 122 cm³/mol. The molecule has 0 unspecified atom stereocenters. The molecule has 0 aliphatic carbocycles. The Morgan fingerprint density at radius 1 is 1.13 bits per heavy atom. The lowest BCUT2D eigenvalue weighted by Gasteiger charge is -2.26. The number of aromatic amines is 1. The average Bonchev–Trinajstić information content (AvgIpc) is 3.07. The minimum absolute atomic E-state index is 0.0556. The topological polar surface area (TPSA) is 55.6 Å². The molecule has 0 saturated heterocycles. The molecule has 164 valence electrons. The van der Waals surface area contributed by atoms with Gasteiger partial charge in [-0.3, -0.25) is 9.13 Å². The molecule has 0 spiro atoms. The lowest BCUT2D eigenvalue weighted by Crippen LogP contribution is -2.32. The first kappa shape index (κ1) is 22.1. The molecule has 0 atom stereocenters. The first-order valence-electron chi connectivity index (χ1n) is 9.46. The number of imidazole rings is 1. The number of aryl methyl sites for hydroxylation is 1. The predicted octanol–water partition coefficient (Wildman–Crippen LogP) is 6.39. The number of benzene rings is 1. The van der Waals surface area contributed by atoms with Crippen LogP contribution >= 0.6 is 31.9 Å². The van der Waals surface area contributed by atoms with Crippen molar-refractivity contribution in [3.05, 3.63) is 49.9 Å². The van der Waals surface area contributed by atoms with Crippen LogP contribution in [0, 0.1) is 5.41 Å². The van der Waals surface area contributed by atoms with Crippen molar-refractivity contribution in [2.45, 2.75) is 33.0 Å². The first-order valence-corrected chi connectivity index (χ1v) is 11.0. The molecular weight excluding hydrogens is 541 g/mol. The number of H-pyrrole nitrogens is 1. The van der Waals surface area contributed by atoms with Crippen LogP contribution in [0.5, 0.6) is 0 Å². The lowest BCUT2D eigenvalue weighted by atomic mass is 9.89. The van der Waals surface area contributed by atoms with E-state index in [0.29, 0.717) is 16.9 Å². The maximum absolute atomic E-state index is 12.9. The second kappa shape index (κ2) is 7.51. The van der Waals surface area contributed by atoms with Gasteiger partial charge in [-0.25, -0.2) is 9.78 Å². The highest BCUT2D eigenvalue weighted by Gasteiger charge is 2.37. The van der Waals surface area contributed by atoms with Crippen molar-refractivity contribution < 1.29 is 13.2 Å². The van der Waals surface area contributed by atoms with Crippen LogP contribution < -0.4 is 5.69 Å². The number of pyridine rings is 1. The smallest absolute Gasteiger partial charge is 0.348 e. The van der Waals surface area contributed by atoms with E-state index in [-0.39, 0.29) is 12.2 Å². The number of hydrogen-bond acceptors (Lipinski definition) is 2. The average molecular weight is 560 g/mol. The summed E-state index contributed by atoms with van der Waals surface area (Å²) in [6, 6.07) is 9.38. The van der Waals surface area contributed by atoms with E-state index in [1.165, 1.54) is 23.0 Å². The van der Waals surface area contributed by atoms with E-state index in [1.54, 1.807) is 19.2 Å². The largest absolute Gasteiger partial charge is 0.389 e. The van der Waals surface area contributed by atoms with Crippen molar-refractivity contribution in [3.8, 4) is 11.3 Å². The molecule has 10 heteroatoms. The van der Waals surface area contributed by atoms with Gasteiger partial charge in [-0.05, 0) is 61.5 Å². The second-order valence-electron chi connectivity index (χ2n) is 8.44. The van der Waals surface area contributed by atoms with Crippen LogP contribution in [0.15, 0.2) is 44.2 Å². The number of halogens is 5. The van der Waals surface area contributed by atoms with E-state index >= 15 is 0 Å². The molecule has 5 nitrogen and oxygen atoms in total. The van der Waals surface area contributed by atoms with Gasteiger partial charge >= 0.3 is 11.9 Å². The standard InChI is InChI=1S/C21H19Br2F3N4O/c1-20(2,9-21(24,25)26)10-30-15-7-6-13(28-18(15)29(3)19(30)31)11-4-5-14-12(8-11)16(22)17(23)27-14/h4-8,27H,9-10H2,1-3H3. The summed E-state index contributed by atoms with van der Waals surface area (Å²) in [5, 5.41) is 0.978. The minimum Gasteiger partial charge on any atom is -0.348 e. The van der Waals surface area contributed by atoms with Crippen LogP contribution in [0.25, 0.3) is 33.3 Å². The Morgan fingerprint density at radius 3 is 2.52 bits per heavy atom. The number of nitrogens with zero attached hydrogens (tertiary/aromatic N) is 3. The van der Waals surface area contributed by atoms with Gasteiger partial charge in [-0.2, -0.15) is 13.2 Å². The molecule has 0 saturated carbocycles. The van der Waals surface area contributed by atoms with Gasteiger partial charge < -0.3 is 4.98 Å². The van der Waals surface area contributed by atoms with Crippen molar-refractivity contribution in [1.82, 2.24) is 19.1 Å². The van der Waals surface area contributed by atoms with Crippen LogP contribution in [0.4, 0.5) is 13.2 Å². The monoisotopic (exact) mass is 558 g/mol. The van der Waals surface area contributed by atoms with E-state index in [0.717, 1.165) is 25.5 Å². The molecule has 0 bridgehead atoms. The molecule has 1 N–H and O–H groups in total. The van der Waals surface area contributed by atoms with Crippen LogP contribution in [-0.4, -0.2) is 25.3 Å². The summed E-state index contributed by atoms with van der Waals surface area (Å²) in [5.74, 6) is 0. The van der Waals surface area contributed by atoms with E-state index in [2.05, 4.69) is 41.8 Å². The second-order valence-corrected chi connectivity index (χ2v) is 10.0. The van der Waals surface area contributed by atoms with Gasteiger partial charge in [0.15, 0.2) is 5.65 Å². The van der Waals surface area contributed by atoms with E-state index in [4.69, 9.17) is 0 Å². The zero-order valence-electron chi connectivity index (χ0n) is 16.9. The van der Waals surface area contributed by atoms with Crippen molar-refractivity contribution in [2.75, 3.05) is 0 Å². The normalized spacial score (nSPS) is 12.9. The molecule has 0 amide bonds. The van der Waals surface area contributed by atoms with Crippen LogP contribution in [0.3, 0.4) is 0 Å².